The van der Waals surface area contributed by atoms with Crippen LogP contribution in [0.2, 0.25) is 0 Å². The highest BCUT2D eigenvalue weighted by molar-refractivity contribution is 7.89. The molecule has 0 aliphatic rings. The van der Waals surface area contributed by atoms with Gasteiger partial charge in [0.25, 0.3) is 5.56 Å². The van der Waals surface area contributed by atoms with E-state index < -0.39 is 15.8 Å². The monoisotopic (exact) mass is 423 g/mol. The number of sulfonamides is 1. The maximum absolute atomic E-state index is 13.3. The first-order chi connectivity index (χ1) is 14.4. The number of halogens is 1. The van der Waals surface area contributed by atoms with Gasteiger partial charge in [0, 0.05) is 6.54 Å². The molecule has 8 heteroatoms. The fraction of sp³-hybridized carbons (Fsp3) is 0.0909. The molecule has 1 N–H and O–H groups in total. The number of aromatic amines is 1. The van der Waals surface area contributed by atoms with Gasteiger partial charge in [0.1, 0.15) is 11.6 Å². The van der Waals surface area contributed by atoms with Gasteiger partial charge >= 0.3 is 0 Å². The molecule has 3 aromatic carbocycles. The topological polar surface area (TPSA) is 83.1 Å². The van der Waals surface area contributed by atoms with E-state index in [4.69, 9.17) is 0 Å². The van der Waals surface area contributed by atoms with Crippen molar-refractivity contribution in [3.8, 4) is 0 Å². The fourth-order valence-corrected chi connectivity index (χ4v) is 4.53. The summed E-state index contributed by atoms with van der Waals surface area (Å²) in [7, 11) is -3.98. The van der Waals surface area contributed by atoms with Crippen molar-refractivity contribution < 1.29 is 12.8 Å². The van der Waals surface area contributed by atoms with E-state index in [1.165, 1.54) is 16.4 Å². The molecular weight excluding hydrogens is 405 g/mol. The van der Waals surface area contributed by atoms with Gasteiger partial charge in [0.05, 0.1) is 22.3 Å². The Morgan fingerprint density at radius 1 is 0.867 bits per heavy atom. The summed E-state index contributed by atoms with van der Waals surface area (Å²) < 4.78 is 41.1. The SMILES string of the molecule is O=c1[nH]c(CN(Cc2ccccc2)S(=O)(=O)c2ccc(F)cc2)nc2ccccc12. The average Bonchev–Trinajstić information content (AvgIpc) is 2.74. The molecule has 1 heterocycles. The van der Waals surface area contributed by atoms with Gasteiger partial charge in [-0.3, -0.25) is 4.79 Å². The van der Waals surface area contributed by atoms with Crippen LogP contribution in [0.25, 0.3) is 10.9 Å². The lowest BCUT2D eigenvalue weighted by atomic mass is 10.2. The second-order valence-electron chi connectivity index (χ2n) is 6.74. The third-order valence-electron chi connectivity index (χ3n) is 4.64. The second kappa shape index (κ2) is 8.17. The van der Waals surface area contributed by atoms with E-state index in [9.17, 15) is 17.6 Å². The van der Waals surface area contributed by atoms with Crippen LogP contribution < -0.4 is 5.56 Å². The number of hydrogen-bond donors (Lipinski definition) is 1. The molecule has 30 heavy (non-hydrogen) atoms. The molecule has 1 aromatic heterocycles. The third-order valence-corrected chi connectivity index (χ3v) is 6.45. The van der Waals surface area contributed by atoms with Gasteiger partial charge in [0.2, 0.25) is 10.0 Å². The number of H-pyrrole nitrogens is 1. The molecule has 0 fully saturated rings. The zero-order valence-corrected chi connectivity index (χ0v) is 16.6. The van der Waals surface area contributed by atoms with Crippen LogP contribution in [0.4, 0.5) is 4.39 Å². The quantitative estimate of drug-likeness (QED) is 0.515. The van der Waals surface area contributed by atoms with E-state index in [1.807, 2.05) is 30.3 Å². The highest BCUT2D eigenvalue weighted by Gasteiger charge is 2.26. The predicted octanol–water partition coefficient (Wildman–Crippen LogP) is 3.45. The van der Waals surface area contributed by atoms with Crippen LogP contribution >= 0.6 is 0 Å². The Morgan fingerprint density at radius 3 is 2.27 bits per heavy atom. The molecule has 4 aromatic rings. The molecule has 0 aliphatic carbocycles. The first kappa shape index (κ1) is 19.9. The van der Waals surface area contributed by atoms with Crippen molar-refractivity contribution in [1.29, 1.82) is 0 Å². The van der Waals surface area contributed by atoms with E-state index in [1.54, 1.807) is 24.3 Å². The number of benzene rings is 3. The van der Waals surface area contributed by atoms with Crippen molar-refractivity contribution in [1.82, 2.24) is 14.3 Å². The zero-order valence-electron chi connectivity index (χ0n) is 15.8. The van der Waals surface area contributed by atoms with Crippen molar-refractivity contribution in [3.63, 3.8) is 0 Å². The number of nitrogens with zero attached hydrogens (tertiary/aromatic N) is 2. The maximum Gasteiger partial charge on any atom is 0.258 e. The van der Waals surface area contributed by atoms with Gasteiger partial charge in [-0.15, -0.1) is 0 Å². The lowest BCUT2D eigenvalue weighted by Gasteiger charge is -2.22. The van der Waals surface area contributed by atoms with E-state index in [0.717, 1.165) is 17.7 Å². The van der Waals surface area contributed by atoms with Crippen LogP contribution in [0, 0.1) is 5.82 Å². The predicted molar refractivity (Wildman–Crippen MR) is 112 cm³/mol. The minimum absolute atomic E-state index is 0.0389. The Kier molecular flexibility index (Phi) is 5.43. The molecule has 0 saturated carbocycles. The zero-order chi connectivity index (χ0) is 21.1. The maximum atomic E-state index is 13.3. The summed E-state index contributed by atoms with van der Waals surface area (Å²) in [4.78, 5) is 19.4. The van der Waals surface area contributed by atoms with Gasteiger partial charge in [0.15, 0.2) is 0 Å². The van der Waals surface area contributed by atoms with Crippen molar-refractivity contribution in [3.05, 3.63) is 106 Å². The Balaban J connectivity index is 1.75. The molecule has 0 radical (unpaired) electrons. The van der Waals surface area contributed by atoms with E-state index >= 15 is 0 Å². The normalized spacial score (nSPS) is 11.8. The summed E-state index contributed by atoms with van der Waals surface area (Å²) in [6.07, 6.45) is 0. The van der Waals surface area contributed by atoms with Crippen molar-refractivity contribution in [2.45, 2.75) is 18.0 Å². The summed E-state index contributed by atoms with van der Waals surface area (Å²) in [6.45, 7) is -0.0776. The molecule has 0 unspecified atom stereocenters. The summed E-state index contributed by atoms with van der Waals surface area (Å²) in [5, 5.41) is 0.428. The molecule has 0 aliphatic heterocycles. The summed E-state index contributed by atoms with van der Waals surface area (Å²) in [6, 6.07) is 20.6. The van der Waals surface area contributed by atoms with E-state index in [0.29, 0.717) is 10.9 Å². The van der Waals surface area contributed by atoms with Gasteiger partial charge in [-0.25, -0.2) is 17.8 Å². The molecule has 0 amide bonds. The van der Waals surface area contributed by atoms with Crippen LogP contribution in [-0.4, -0.2) is 22.7 Å². The Labute approximate surface area is 172 Å². The lowest BCUT2D eigenvalue weighted by Crippen LogP contribution is -2.32. The number of para-hydroxylation sites is 1. The molecule has 0 bridgehead atoms. The van der Waals surface area contributed by atoms with E-state index in [2.05, 4.69) is 9.97 Å². The van der Waals surface area contributed by atoms with Crippen molar-refractivity contribution >= 4 is 20.9 Å². The van der Waals surface area contributed by atoms with Crippen LogP contribution in [-0.2, 0) is 23.1 Å². The van der Waals surface area contributed by atoms with Crippen LogP contribution in [0.5, 0.6) is 0 Å². The minimum Gasteiger partial charge on any atom is -0.309 e. The van der Waals surface area contributed by atoms with Crippen LogP contribution in [0.3, 0.4) is 0 Å². The Bertz CT molecular complexity index is 1340. The fourth-order valence-electron chi connectivity index (χ4n) is 3.15. The number of nitrogens with one attached hydrogen (secondary N) is 1. The number of rotatable bonds is 6. The number of aromatic nitrogens is 2. The molecule has 152 valence electrons. The number of hydrogen-bond acceptors (Lipinski definition) is 4. The molecule has 0 saturated heterocycles. The van der Waals surface area contributed by atoms with Gasteiger partial charge in [-0.2, -0.15) is 4.31 Å². The smallest absolute Gasteiger partial charge is 0.258 e. The van der Waals surface area contributed by atoms with Gasteiger partial charge in [-0.1, -0.05) is 42.5 Å². The van der Waals surface area contributed by atoms with Crippen molar-refractivity contribution in [2.24, 2.45) is 0 Å². The highest BCUT2D eigenvalue weighted by Crippen LogP contribution is 2.21. The average molecular weight is 423 g/mol. The summed E-state index contributed by atoms with van der Waals surface area (Å²) >= 11 is 0. The first-order valence-electron chi connectivity index (χ1n) is 9.21. The van der Waals surface area contributed by atoms with Crippen LogP contribution in [0.1, 0.15) is 11.4 Å². The molecule has 6 nitrogen and oxygen atoms in total. The molecular formula is C22H18FN3O3S. The molecule has 4 rings (SSSR count). The third kappa shape index (κ3) is 4.14. The van der Waals surface area contributed by atoms with Crippen LogP contribution in [0.15, 0.2) is 88.6 Å². The molecule has 0 spiro atoms. The largest absolute Gasteiger partial charge is 0.309 e. The van der Waals surface area contributed by atoms with Gasteiger partial charge in [-0.05, 0) is 42.0 Å². The van der Waals surface area contributed by atoms with Crippen molar-refractivity contribution in [2.75, 3.05) is 0 Å². The summed E-state index contributed by atoms with van der Waals surface area (Å²) in [5.74, 6) is -0.301. The standard InChI is InChI=1S/C22H18FN3O3S/c23-17-10-12-18(13-11-17)30(28,29)26(14-16-6-2-1-3-7-16)15-21-24-20-9-5-4-8-19(20)22(27)25-21/h1-13H,14-15H2,(H,24,25,27). The van der Waals surface area contributed by atoms with Gasteiger partial charge < -0.3 is 4.98 Å². The lowest BCUT2D eigenvalue weighted by molar-refractivity contribution is 0.392. The minimum atomic E-state index is -3.98. The Hall–Kier alpha value is -3.36. The first-order valence-corrected chi connectivity index (χ1v) is 10.6. The Morgan fingerprint density at radius 2 is 1.53 bits per heavy atom. The second-order valence-corrected chi connectivity index (χ2v) is 8.68. The molecule has 0 atom stereocenters. The van der Waals surface area contributed by atoms with E-state index in [-0.39, 0.29) is 29.4 Å². The number of fused-ring (bicyclic) bond motifs is 1. The summed E-state index contributed by atoms with van der Waals surface area (Å²) in [5.41, 5.74) is 0.913. The highest BCUT2D eigenvalue weighted by atomic mass is 32.2.